The van der Waals surface area contributed by atoms with E-state index in [1.807, 2.05) is 0 Å². The van der Waals surface area contributed by atoms with Gasteiger partial charge in [-0.15, -0.1) is 0 Å². The summed E-state index contributed by atoms with van der Waals surface area (Å²) in [6, 6.07) is 0. The first-order valence-corrected chi connectivity index (χ1v) is 7.26. The summed E-state index contributed by atoms with van der Waals surface area (Å²) in [7, 11) is 0. The number of carbonyl (C=O) groups is 3. The molecule has 1 fully saturated rings. The minimum atomic E-state index is -1.47. The smallest absolute Gasteiger partial charge is 0.355 e. The summed E-state index contributed by atoms with van der Waals surface area (Å²) in [5.41, 5.74) is -0.791. The predicted molar refractivity (Wildman–Crippen MR) is 74.5 cm³/mol. The van der Waals surface area contributed by atoms with Crippen LogP contribution in [0, 0.1) is 11.3 Å². The van der Waals surface area contributed by atoms with Crippen molar-refractivity contribution in [2.75, 3.05) is 19.8 Å². The van der Waals surface area contributed by atoms with Crippen molar-refractivity contribution in [2.45, 2.75) is 46.6 Å². The van der Waals surface area contributed by atoms with E-state index in [2.05, 4.69) is 0 Å². The van der Waals surface area contributed by atoms with Crippen molar-refractivity contribution in [2.24, 2.45) is 11.3 Å². The van der Waals surface area contributed by atoms with Gasteiger partial charge in [-0.3, -0.25) is 9.59 Å². The molecule has 0 saturated carbocycles. The van der Waals surface area contributed by atoms with Gasteiger partial charge in [-0.25, -0.2) is 4.79 Å². The molecule has 6 heteroatoms. The Morgan fingerprint density at radius 2 is 1.76 bits per heavy atom. The molecule has 0 amide bonds. The van der Waals surface area contributed by atoms with Crippen LogP contribution in [0.25, 0.3) is 0 Å². The van der Waals surface area contributed by atoms with Crippen LogP contribution in [0.4, 0.5) is 0 Å². The Morgan fingerprint density at radius 1 is 1.19 bits per heavy atom. The van der Waals surface area contributed by atoms with Crippen molar-refractivity contribution >= 4 is 17.7 Å². The lowest BCUT2D eigenvalue weighted by atomic mass is 9.91. The van der Waals surface area contributed by atoms with E-state index >= 15 is 0 Å². The van der Waals surface area contributed by atoms with Gasteiger partial charge < -0.3 is 14.2 Å². The van der Waals surface area contributed by atoms with Gasteiger partial charge in [0.1, 0.15) is 0 Å². The highest BCUT2D eigenvalue weighted by molar-refractivity contribution is 6.04. The summed E-state index contributed by atoms with van der Waals surface area (Å²) in [6.07, 6.45) is -0.413. The fourth-order valence-corrected chi connectivity index (χ4v) is 1.92. The van der Waals surface area contributed by atoms with Gasteiger partial charge in [0.2, 0.25) is 0 Å². The molecule has 0 radical (unpaired) electrons. The van der Waals surface area contributed by atoms with Crippen LogP contribution in [0.5, 0.6) is 0 Å². The molecule has 21 heavy (non-hydrogen) atoms. The summed E-state index contributed by atoms with van der Waals surface area (Å²) in [6.45, 7) is 7.70. The van der Waals surface area contributed by atoms with Gasteiger partial charge in [-0.1, -0.05) is 0 Å². The Kier molecular flexibility index (Phi) is 6.33. The van der Waals surface area contributed by atoms with E-state index in [1.165, 1.54) is 0 Å². The zero-order valence-corrected chi connectivity index (χ0v) is 13.1. The van der Waals surface area contributed by atoms with E-state index in [4.69, 9.17) is 14.2 Å². The molecule has 0 aromatic carbocycles. The van der Waals surface area contributed by atoms with Crippen LogP contribution in [-0.4, -0.2) is 43.6 Å². The Morgan fingerprint density at radius 3 is 2.24 bits per heavy atom. The minimum absolute atomic E-state index is 0.128. The first kappa shape index (κ1) is 17.6. The van der Waals surface area contributed by atoms with Gasteiger partial charge in [0, 0.05) is 19.1 Å². The van der Waals surface area contributed by atoms with E-state index in [-0.39, 0.29) is 12.5 Å². The lowest BCUT2D eigenvalue weighted by Crippen LogP contribution is -2.43. The van der Waals surface area contributed by atoms with Crippen LogP contribution in [0.1, 0.15) is 40.5 Å². The van der Waals surface area contributed by atoms with Gasteiger partial charge in [0.25, 0.3) is 6.10 Å². The maximum Gasteiger partial charge on any atom is 0.355 e. The molecule has 0 N–H and O–H groups in total. The van der Waals surface area contributed by atoms with Crippen LogP contribution in [0.3, 0.4) is 0 Å². The SMILES string of the molecule is CCOC(=O)C(OC(=O)C(C)(C)C)C(=O)C1CCOCC1. The summed E-state index contributed by atoms with van der Waals surface area (Å²) < 4.78 is 15.2. The molecule has 1 saturated heterocycles. The van der Waals surface area contributed by atoms with Crippen molar-refractivity contribution < 1.29 is 28.6 Å². The standard InChI is InChI=1S/C15H24O6/c1-5-20-13(17)12(21-14(18)15(2,3)4)11(16)10-6-8-19-9-7-10/h10,12H,5-9H2,1-4H3. The van der Waals surface area contributed by atoms with Crippen molar-refractivity contribution in [1.82, 2.24) is 0 Å². The second-order valence-corrected chi connectivity index (χ2v) is 6.08. The second-order valence-electron chi connectivity index (χ2n) is 6.08. The van der Waals surface area contributed by atoms with Gasteiger partial charge >= 0.3 is 11.9 Å². The summed E-state index contributed by atoms with van der Waals surface area (Å²) in [4.78, 5) is 36.3. The molecule has 0 aromatic rings. The fourth-order valence-electron chi connectivity index (χ4n) is 1.92. The zero-order chi connectivity index (χ0) is 16.0. The molecule has 0 bridgehead atoms. The van der Waals surface area contributed by atoms with E-state index in [0.29, 0.717) is 26.1 Å². The molecule has 6 nitrogen and oxygen atoms in total. The van der Waals surface area contributed by atoms with Crippen LogP contribution >= 0.6 is 0 Å². The molecule has 1 heterocycles. The van der Waals surface area contributed by atoms with Crippen LogP contribution in [0.2, 0.25) is 0 Å². The second kappa shape index (κ2) is 7.54. The van der Waals surface area contributed by atoms with Crippen molar-refractivity contribution in [3.05, 3.63) is 0 Å². The van der Waals surface area contributed by atoms with Crippen molar-refractivity contribution in [1.29, 1.82) is 0 Å². The molecule has 1 rings (SSSR count). The molecular formula is C15H24O6. The third kappa shape index (κ3) is 5.12. The van der Waals surface area contributed by atoms with E-state index in [1.54, 1.807) is 27.7 Å². The average Bonchev–Trinajstić information content (AvgIpc) is 2.43. The highest BCUT2D eigenvalue weighted by atomic mass is 16.6. The number of esters is 2. The van der Waals surface area contributed by atoms with E-state index in [9.17, 15) is 14.4 Å². The average molecular weight is 300 g/mol. The Balaban J connectivity index is 2.83. The van der Waals surface area contributed by atoms with Gasteiger partial charge in [-0.2, -0.15) is 0 Å². The predicted octanol–water partition coefficient (Wildman–Crippen LogP) is 1.50. The number of Topliss-reactive ketones (excluding diaryl/α,β-unsaturated/α-hetero) is 1. The number of rotatable bonds is 5. The Labute approximate surface area is 125 Å². The lowest BCUT2D eigenvalue weighted by Gasteiger charge is -2.26. The monoisotopic (exact) mass is 300 g/mol. The van der Waals surface area contributed by atoms with Crippen molar-refractivity contribution in [3.63, 3.8) is 0 Å². The number of ether oxygens (including phenoxy) is 3. The maximum atomic E-state index is 12.4. The third-order valence-corrected chi connectivity index (χ3v) is 3.22. The topological polar surface area (TPSA) is 78.9 Å². The number of ketones is 1. The first-order chi connectivity index (χ1) is 9.77. The minimum Gasteiger partial charge on any atom is -0.463 e. The van der Waals surface area contributed by atoms with E-state index in [0.717, 1.165) is 0 Å². The van der Waals surface area contributed by atoms with Crippen LogP contribution in [0.15, 0.2) is 0 Å². The van der Waals surface area contributed by atoms with E-state index < -0.39 is 29.2 Å². The Hall–Kier alpha value is -1.43. The molecule has 0 spiro atoms. The van der Waals surface area contributed by atoms with Gasteiger partial charge in [0.15, 0.2) is 5.78 Å². The van der Waals surface area contributed by atoms with Crippen LogP contribution < -0.4 is 0 Å². The molecule has 1 aliphatic rings. The molecule has 1 atom stereocenters. The number of carbonyl (C=O) groups excluding carboxylic acids is 3. The zero-order valence-electron chi connectivity index (χ0n) is 13.1. The largest absolute Gasteiger partial charge is 0.463 e. The first-order valence-electron chi connectivity index (χ1n) is 7.26. The normalized spacial score (nSPS) is 17.9. The molecule has 1 aliphatic heterocycles. The highest BCUT2D eigenvalue weighted by Gasteiger charge is 2.39. The van der Waals surface area contributed by atoms with Gasteiger partial charge in [0.05, 0.1) is 12.0 Å². The maximum absolute atomic E-state index is 12.4. The summed E-state index contributed by atoms with van der Waals surface area (Å²) in [5, 5.41) is 0. The Bertz CT molecular complexity index is 389. The molecular weight excluding hydrogens is 276 g/mol. The molecule has 1 unspecified atom stereocenters. The molecule has 0 aliphatic carbocycles. The number of hydrogen-bond acceptors (Lipinski definition) is 6. The number of hydrogen-bond donors (Lipinski definition) is 0. The van der Waals surface area contributed by atoms with Crippen molar-refractivity contribution in [3.8, 4) is 0 Å². The third-order valence-electron chi connectivity index (χ3n) is 3.22. The molecule has 120 valence electrons. The summed E-state index contributed by atoms with van der Waals surface area (Å²) >= 11 is 0. The highest BCUT2D eigenvalue weighted by Crippen LogP contribution is 2.22. The lowest BCUT2D eigenvalue weighted by molar-refractivity contribution is -0.177. The summed E-state index contributed by atoms with van der Waals surface area (Å²) in [5.74, 6) is -2.12. The van der Waals surface area contributed by atoms with Crippen LogP contribution in [-0.2, 0) is 28.6 Å². The molecule has 0 aromatic heterocycles. The van der Waals surface area contributed by atoms with Gasteiger partial charge in [-0.05, 0) is 40.5 Å². The quantitative estimate of drug-likeness (QED) is 0.565. The fraction of sp³-hybridized carbons (Fsp3) is 0.800.